The molecular weight excluding hydrogens is 568 g/mol. The van der Waals surface area contributed by atoms with Crippen molar-refractivity contribution in [3.05, 3.63) is 72.4 Å². The Kier molecular flexibility index (Phi) is 9.46. The predicted molar refractivity (Wildman–Crippen MR) is 175 cm³/mol. The van der Waals surface area contributed by atoms with Crippen molar-refractivity contribution < 1.29 is 24.2 Å². The molecule has 1 heterocycles. The first-order valence-electron chi connectivity index (χ1n) is 15.9. The van der Waals surface area contributed by atoms with Crippen LogP contribution in [0.25, 0.3) is 22.4 Å². The van der Waals surface area contributed by atoms with E-state index in [0.29, 0.717) is 12.1 Å². The highest BCUT2D eigenvalue weighted by molar-refractivity contribution is 5.93. The molecule has 0 atom stereocenters. The number of nitrogens with one attached hydrogen (secondary N) is 2. The second kappa shape index (κ2) is 13.3. The molecule has 3 amide bonds. The Morgan fingerprint density at radius 2 is 1.64 bits per heavy atom. The van der Waals surface area contributed by atoms with Crippen molar-refractivity contribution in [3.8, 4) is 22.4 Å². The number of amides is 3. The van der Waals surface area contributed by atoms with E-state index < -0.39 is 23.3 Å². The van der Waals surface area contributed by atoms with E-state index in [-0.39, 0.29) is 17.9 Å². The van der Waals surface area contributed by atoms with Crippen LogP contribution in [0.1, 0.15) is 77.7 Å². The van der Waals surface area contributed by atoms with Crippen molar-refractivity contribution in [2.75, 3.05) is 12.4 Å². The highest BCUT2D eigenvalue weighted by atomic mass is 16.6. The quantitative estimate of drug-likeness (QED) is 0.239. The average Bonchev–Trinajstić information content (AvgIpc) is 2.98. The maximum atomic E-state index is 13.0. The molecule has 5 rings (SSSR count). The third kappa shape index (κ3) is 7.82. The van der Waals surface area contributed by atoms with Gasteiger partial charge < -0.3 is 25.4 Å². The van der Waals surface area contributed by atoms with Gasteiger partial charge in [0.2, 0.25) is 5.91 Å². The maximum absolute atomic E-state index is 13.0. The minimum Gasteiger partial charge on any atom is -0.465 e. The number of hydrogen-bond acceptors (Lipinski definition) is 5. The lowest BCUT2D eigenvalue weighted by atomic mass is 9.71. The summed E-state index contributed by atoms with van der Waals surface area (Å²) in [6.45, 7) is 5.58. The summed E-state index contributed by atoms with van der Waals surface area (Å²) in [5.41, 5.74) is 4.30. The molecule has 238 valence electrons. The average molecular weight is 613 g/mol. The van der Waals surface area contributed by atoms with Crippen molar-refractivity contribution in [1.29, 1.82) is 0 Å². The van der Waals surface area contributed by atoms with E-state index in [1.54, 1.807) is 13.2 Å². The van der Waals surface area contributed by atoms with E-state index in [1.807, 2.05) is 69.3 Å². The second-order valence-corrected chi connectivity index (χ2v) is 13.4. The fraction of sp³-hybridized carbons (Fsp3) is 0.444. The van der Waals surface area contributed by atoms with Crippen molar-refractivity contribution in [3.63, 3.8) is 0 Å². The van der Waals surface area contributed by atoms with Gasteiger partial charge in [-0.25, -0.2) is 9.59 Å². The molecule has 45 heavy (non-hydrogen) atoms. The van der Waals surface area contributed by atoms with Gasteiger partial charge in [0.05, 0.1) is 23.1 Å². The van der Waals surface area contributed by atoms with Gasteiger partial charge in [0.15, 0.2) is 0 Å². The van der Waals surface area contributed by atoms with E-state index in [4.69, 9.17) is 9.72 Å². The Labute approximate surface area is 265 Å². The number of nitrogens with zero attached hydrogens (tertiary/aromatic N) is 2. The highest BCUT2D eigenvalue weighted by Gasteiger charge is 2.41. The molecule has 3 aromatic rings. The summed E-state index contributed by atoms with van der Waals surface area (Å²) in [7, 11) is 1.62. The van der Waals surface area contributed by atoms with Crippen molar-refractivity contribution in [1.82, 2.24) is 15.2 Å². The number of ether oxygens (including phenoxy) is 1. The molecule has 0 unspecified atom stereocenters. The van der Waals surface area contributed by atoms with Gasteiger partial charge in [-0.1, -0.05) is 54.6 Å². The third-order valence-corrected chi connectivity index (χ3v) is 9.05. The molecule has 0 saturated heterocycles. The van der Waals surface area contributed by atoms with E-state index in [0.717, 1.165) is 72.9 Å². The van der Waals surface area contributed by atoms with Gasteiger partial charge in [-0.05, 0) is 88.8 Å². The van der Waals surface area contributed by atoms with Crippen LogP contribution in [0.4, 0.5) is 15.3 Å². The Hall–Kier alpha value is -4.40. The number of carbonyl (C=O) groups is 3. The van der Waals surface area contributed by atoms with Crippen molar-refractivity contribution in [2.45, 2.75) is 89.3 Å². The van der Waals surface area contributed by atoms with Crippen LogP contribution in [0.15, 0.2) is 66.9 Å². The van der Waals surface area contributed by atoms with Gasteiger partial charge in [0, 0.05) is 30.6 Å². The monoisotopic (exact) mass is 612 g/mol. The number of alkyl carbamates (subject to hydrolysis) is 1. The summed E-state index contributed by atoms with van der Waals surface area (Å²) >= 11 is 0. The normalized spacial score (nSPS) is 19.1. The molecule has 9 heteroatoms. The van der Waals surface area contributed by atoms with Crippen molar-refractivity contribution >= 4 is 23.8 Å². The topological polar surface area (TPSA) is 121 Å². The molecule has 0 spiro atoms. The largest absolute Gasteiger partial charge is 0.465 e. The fourth-order valence-electron chi connectivity index (χ4n) is 6.43. The Morgan fingerprint density at radius 1 is 0.978 bits per heavy atom. The molecule has 0 aliphatic heterocycles. The van der Waals surface area contributed by atoms with Gasteiger partial charge >= 0.3 is 12.2 Å². The fourth-order valence-corrected chi connectivity index (χ4v) is 6.43. The van der Waals surface area contributed by atoms with Crippen molar-refractivity contribution in [2.24, 2.45) is 5.92 Å². The lowest BCUT2D eigenvalue weighted by Gasteiger charge is -2.43. The lowest BCUT2D eigenvalue weighted by molar-refractivity contribution is -0.117. The Balaban J connectivity index is 1.31. The molecule has 2 fully saturated rings. The van der Waals surface area contributed by atoms with Crippen LogP contribution in [0.2, 0.25) is 0 Å². The number of benzene rings is 2. The van der Waals surface area contributed by atoms with Gasteiger partial charge in [0.1, 0.15) is 5.60 Å². The first-order chi connectivity index (χ1) is 21.4. The van der Waals surface area contributed by atoms with Gasteiger partial charge in [-0.15, -0.1) is 0 Å². The number of aromatic nitrogens is 1. The van der Waals surface area contributed by atoms with Crippen LogP contribution in [0.3, 0.4) is 0 Å². The number of carboxylic acid groups (broad SMARTS) is 1. The van der Waals surface area contributed by atoms with E-state index in [2.05, 4.69) is 22.8 Å². The number of rotatable bonds is 8. The smallest absolute Gasteiger partial charge is 0.408 e. The number of hydrogen-bond donors (Lipinski definition) is 3. The Morgan fingerprint density at radius 3 is 2.22 bits per heavy atom. The first-order valence-corrected chi connectivity index (χ1v) is 15.9. The minimum atomic E-state index is -0.908. The summed E-state index contributed by atoms with van der Waals surface area (Å²) in [5.74, 6) is 0.165. The summed E-state index contributed by atoms with van der Waals surface area (Å²) in [6.07, 6.45) is 6.72. The first kappa shape index (κ1) is 32.0. The summed E-state index contributed by atoms with van der Waals surface area (Å²) in [6, 6.07) is 20.2. The molecule has 0 radical (unpaired) electrons. The SMILES string of the molecule is CN(C(=O)O)C1CCC(CC(=O)Nc2cnc(-c3ccc(C4(NC(=O)OC(C)(C)C)CCC4)cc3)c(-c3ccccc3)c2)CC1. The van der Waals surface area contributed by atoms with Crippen LogP contribution in [0.5, 0.6) is 0 Å². The zero-order valence-corrected chi connectivity index (χ0v) is 26.6. The molecule has 0 bridgehead atoms. The number of pyridine rings is 1. The molecule has 9 nitrogen and oxygen atoms in total. The highest BCUT2D eigenvalue weighted by Crippen LogP contribution is 2.42. The lowest BCUT2D eigenvalue weighted by Crippen LogP contribution is -2.52. The van der Waals surface area contributed by atoms with Crippen LogP contribution in [-0.4, -0.2) is 51.8 Å². The molecule has 2 aromatic carbocycles. The Bertz CT molecular complexity index is 1500. The standard InChI is InChI=1S/C36H44N4O5/c1-35(2,3)45-33(42)39-36(19-8-20-36)27-15-13-26(14-16-27)32-30(25-9-6-5-7-10-25)22-28(23-37-32)38-31(41)21-24-11-17-29(18-12-24)40(4)34(43)44/h5-7,9-10,13-16,22-24,29H,8,11-12,17-21H2,1-4H3,(H,38,41)(H,39,42)(H,43,44). The summed E-state index contributed by atoms with van der Waals surface area (Å²) in [4.78, 5) is 43.1. The van der Waals surface area contributed by atoms with Gasteiger partial charge in [0.25, 0.3) is 0 Å². The van der Waals surface area contributed by atoms with E-state index >= 15 is 0 Å². The maximum Gasteiger partial charge on any atom is 0.408 e. The molecule has 2 aliphatic rings. The molecule has 3 N–H and O–H groups in total. The summed E-state index contributed by atoms with van der Waals surface area (Å²) in [5, 5.41) is 15.4. The second-order valence-electron chi connectivity index (χ2n) is 13.4. The predicted octanol–water partition coefficient (Wildman–Crippen LogP) is 7.82. The molecule has 1 aromatic heterocycles. The van der Waals surface area contributed by atoms with Crippen LogP contribution in [-0.2, 0) is 15.1 Å². The van der Waals surface area contributed by atoms with Crippen LogP contribution in [0, 0.1) is 5.92 Å². The van der Waals surface area contributed by atoms with Gasteiger partial charge in [-0.2, -0.15) is 0 Å². The summed E-state index contributed by atoms with van der Waals surface area (Å²) < 4.78 is 5.54. The minimum absolute atomic E-state index is 0.0153. The number of carbonyl (C=O) groups excluding carboxylic acids is 2. The number of anilines is 1. The zero-order chi connectivity index (χ0) is 32.2. The van der Waals surface area contributed by atoms with E-state index in [1.165, 1.54) is 4.90 Å². The molecule has 2 aliphatic carbocycles. The van der Waals surface area contributed by atoms with Crippen LogP contribution < -0.4 is 10.6 Å². The van der Waals surface area contributed by atoms with E-state index in [9.17, 15) is 19.5 Å². The zero-order valence-electron chi connectivity index (χ0n) is 26.6. The third-order valence-electron chi connectivity index (χ3n) is 9.05. The molecular formula is C36H44N4O5. The molecule has 2 saturated carbocycles. The van der Waals surface area contributed by atoms with Gasteiger partial charge in [-0.3, -0.25) is 9.78 Å². The van der Waals surface area contributed by atoms with Crippen LogP contribution >= 0.6 is 0 Å².